The van der Waals surface area contributed by atoms with E-state index in [0.29, 0.717) is 11.3 Å². The predicted molar refractivity (Wildman–Crippen MR) is 77.1 cm³/mol. The highest BCUT2D eigenvalue weighted by molar-refractivity contribution is 6.34. The number of rotatable bonds is 4. The standard InChI is InChI=1S/C16H11ClFNO2/c1-21-11-7-5-10(6-8-11)13(9-19)16(20)12-3-2-4-14(18)15(12)17/h2-8,13H,1H3. The lowest BCUT2D eigenvalue weighted by molar-refractivity contribution is 0.0978. The largest absolute Gasteiger partial charge is 0.497 e. The van der Waals surface area contributed by atoms with E-state index in [2.05, 4.69) is 0 Å². The third-order valence-corrected chi connectivity index (χ3v) is 3.44. The summed E-state index contributed by atoms with van der Waals surface area (Å²) >= 11 is 5.80. The van der Waals surface area contributed by atoms with Crippen LogP contribution in [0.25, 0.3) is 0 Å². The molecule has 21 heavy (non-hydrogen) atoms. The van der Waals surface area contributed by atoms with Gasteiger partial charge in [0.2, 0.25) is 0 Å². The maximum atomic E-state index is 13.4. The third kappa shape index (κ3) is 3.04. The van der Waals surface area contributed by atoms with E-state index in [1.54, 1.807) is 24.3 Å². The van der Waals surface area contributed by atoms with Crippen molar-refractivity contribution in [1.82, 2.24) is 0 Å². The highest BCUT2D eigenvalue weighted by Gasteiger charge is 2.24. The van der Waals surface area contributed by atoms with Gasteiger partial charge in [-0.05, 0) is 29.8 Å². The lowest BCUT2D eigenvalue weighted by Crippen LogP contribution is -2.12. The van der Waals surface area contributed by atoms with E-state index in [0.717, 1.165) is 6.07 Å². The molecule has 0 amide bonds. The molecular weight excluding hydrogens is 293 g/mol. The maximum Gasteiger partial charge on any atom is 0.186 e. The second-order valence-corrected chi connectivity index (χ2v) is 4.68. The number of nitriles is 1. The number of ether oxygens (including phenoxy) is 1. The molecule has 0 saturated carbocycles. The number of hydrogen-bond acceptors (Lipinski definition) is 3. The first-order valence-electron chi connectivity index (χ1n) is 6.10. The van der Waals surface area contributed by atoms with Crippen LogP contribution in [0.1, 0.15) is 21.8 Å². The van der Waals surface area contributed by atoms with Gasteiger partial charge in [-0.15, -0.1) is 0 Å². The molecule has 1 unspecified atom stereocenters. The third-order valence-electron chi connectivity index (χ3n) is 3.06. The first-order chi connectivity index (χ1) is 10.1. The van der Waals surface area contributed by atoms with Crippen molar-refractivity contribution in [3.63, 3.8) is 0 Å². The van der Waals surface area contributed by atoms with Crippen molar-refractivity contribution in [2.24, 2.45) is 0 Å². The SMILES string of the molecule is COc1ccc(C(C#N)C(=O)c2cccc(F)c2Cl)cc1. The van der Waals surface area contributed by atoms with Gasteiger partial charge in [0.05, 0.1) is 18.2 Å². The van der Waals surface area contributed by atoms with Crippen molar-refractivity contribution < 1.29 is 13.9 Å². The highest BCUT2D eigenvalue weighted by atomic mass is 35.5. The van der Waals surface area contributed by atoms with Gasteiger partial charge in [0.1, 0.15) is 17.5 Å². The first-order valence-corrected chi connectivity index (χ1v) is 6.48. The van der Waals surface area contributed by atoms with Gasteiger partial charge >= 0.3 is 0 Å². The molecule has 0 aromatic heterocycles. The van der Waals surface area contributed by atoms with E-state index in [9.17, 15) is 14.4 Å². The van der Waals surface area contributed by atoms with Crippen molar-refractivity contribution in [3.05, 3.63) is 64.4 Å². The van der Waals surface area contributed by atoms with Crippen LogP contribution in [0.5, 0.6) is 5.75 Å². The van der Waals surface area contributed by atoms with Crippen LogP contribution < -0.4 is 4.74 Å². The topological polar surface area (TPSA) is 50.1 Å². The summed E-state index contributed by atoms with van der Waals surface area (Å²) < 4.78 is 18.4. The second kappa shape index (κ2) is 6.38. The van der Waals surface area contributed by atoms with Crippen molar-refractivity contribution in [1.29, 1.82) is 5.26 Å². The minimum Gasteiger partial charge on any atom is -0.497 e. The van der Waals surface area contributed by atoms with Crippen LogP contribution >= 0.6 is 11.6 Å². The molecule has 0 N–H and O–H groups in total. The summed E-state index contributed by atoms with van der Waals surface area (Å²) in [5.74, 6) is -1.65. The van der Waals surface area contributed by atoms with Gasteiger partial charge in [-0.3, -0.25) is 4.79 Å². The van der Waals surface area contributed by atoms with Crippen LogP contribution in [-0.4, -0.2) is 12.9 Å². The number of carbonyl (C=O) groups is 1. The van der Waals surface area contributed by atoms with Crippen molar-refractivity contribution >= 4 is 17.4 Å². The minimum atomic E-state index is -1.05. The van der Waals surface area contributed by atoms with E-state index in [1.807, 2.05) is 6.07 Å². The Balaban J connectivity index is 2.39. The summed E-state index contributed by atoms with van der Waals surface area (Å²) in [7, 11) is 1.52. The lowest BCUT2D eigenvalue weighted by atomic mass is 9.92. The van der Waals surface area contributed by atoms with E-state index in [1.165, 1.54) is 19.2 Å². The molecule has 0 bridgehead atoms. The Morgan fingerprint density at radius 2 is 1.95 bits per heavy atom. The number of nitrogens with zero attached hydrogens (tertiary/aromatic N) is 1. The van der Waals surface area contributed by atoms with E-state index >= 15 is 0 Å². The second-order valence-electron chi connectivity index (χ2n) is 4.30. The fourth-order valence-corrected chi connectivity index (χ4v) is 2.15. The molecule has 2 aromatic carbocycles. The molecule has 106 valence electrons. The number of ketones is 1. The number of methoxy groups -OCH3 is 1. The summed E-state index contributed by atoms with van der Waals surface area (Å²) in [4.78, 5) is 12.4. The van der Waals surface area contributed by atoms with Gasteiger partial charge in [0.25, 0.3) is 0 Å². The summed E-state index contributed by atoms with van der Waals surface area (Å²) in [5, 5.41) is 8.99. The van der Waals surface area contributed by atoms with Crippen LogP contribution in [0.4, 0.5) is 4.39 Å². The van der Waals surface area contributed by atoms with Crippen LogP contribution in [0.15, 0.2) is 42.5 Å². The number of halogens is 2. The maximum absolute atomic E-state index is 13.4. The number of hydrogen-bond donors (Lipinski definition) is 0. The molecule has 0 heterocycles. The summed E-state index contributed by atoms with van der Waals surface area (Å²) in [6.45, 7) is 0. The number of carbonyl (C=O) groups excluding carboxylic acids is 1. The van der Waals surface area contributed by atoms with Crippen LogP contribution in [0.2, 0.25) is 5.02 Å². The summed E-state index contributed by atoms with van der Waals surface area (Å²) in [6, 6.07) is 12.4. The Morgan fingerprint density at radius 3 is 2.52 bits per heavy atom. The van der Waals surface area contributed by atoms with Crippen LogP contribution in [-0.2, 0) is 0 Å². The molecule has 0 fully saturated rings. The van der Waals surface area contributed by atoms with Gasteiger partial charge in [-0.25, -0.2) is 4.39 Å². The van der Waals surface area contributed by atoms with Gasteiger partial charge in [-0.1, -0.05) is 29.8 Å². The van der Waals surface area contributed by atoms with Gasteiger partial charge in [-0.2, -0.15) is 5.26 Å². The quantitative estimate of drug-likeness (QED) is 0.803. The molecule has 0 saturated heterocycles. The molecule has 2 rings (SSSR count). The molecule has 0 aliphatic heterocycles. The molecule has 5 heteroatoms. The molecule has 2 aromatic rings. The number of Topliss-reactive ketones (excluding diaryl/α,β-unsaturated/α-hetero) is 1. The highest BCUT2D eigenvalue weighted by Crippen LogP contribution is 2.27. The Labute approximate surface area is 126 Å². The number of benzene rings is 2. The van der Waals surface area contributed by atoms with E-state index in [4.69, 9.17) is 16.3 Å². The van der Waals surface area contributed by atoms with E-state index < -0.39 is 17.5 Å². The first kappa shape index (κ1) is 15.0. The van der Waals surface area contributed by atoms with Crippen molar-refractivity contribution in [2.45, 2.75) is 5.92 Å². The van der Waals surface area contributed by atoms with Gasteiger partial charge in [0.15, 0.2) is 5.78 Å². The Kier molecular flexibility index (Phi) is 4.56. The van der Waals surface area contributed by atoms with Crippen molar-refractivity contribution in [2.75, 3.05) is 7.11 Å². The van der Waals surface area contributed by atoms with Crippen molar-refractivity contribution in [3.8, 4) is 11.8 Å². The molecule has 0 radical (unpaired) electrons. The zero-order chi connectivity index (χ0) is 15.4. The molecule has 3 nitrogen and oxygen atoms in total. The smallest absolute Gasteiger partial charge is 0.186 e. The monoisotopic (exact) mass is 303 g/mol. The Bertz CT molecular complexity index is 707. The fraction of sp³-hybridized carbons (Fsp3) is 0.125. The molecule has 0 spiro atoms. The van der Waals surface area contributed by atoms with E-state index in [-0.39, 0.29) is 10.6 Å². The molecular formula is C16H11ClFNO2. The van der Waals surface area contributed by atoms with Gasteiger partial charge in [0, 0.05) is 5.56 Å². The molecule has 0 aliphatic rings. The minimum absolute atomic E-state index is 0.000894. The molecule has 0 aliphatic carbocycles. The average Bonchev–Trinajstić information content (AvgIpc) is 2.51. The van der Waals surface area contributed by atoms with Crippen LogP contribution in [0.3, 0.4) is 0 Å². The predicted octanol–water partition coefficient (Wildman–Crippen LogP) is 3.98. The lowest BCUT2D eigenvalue weighted by Gasteiger charge is -2.11. The Hall–Kier alpha value is -2.38. The zero-order valence-electron chi connectivity index (χ0n) is 11.1. The van der Waals surface area contributed by atoms with Gasteiger partial charge < -0.3 is 4.74 Å². The summed E-state index contributed by atoms with van der Waals surface area (Å²) in [5.41, 5.74) is 0.502. The fourth-order valence-electron chi connectivity index (χ4n) is 1.93. The summed E-state index contributed by atoms with van der Waals surface area (Å²) in [6.07, 6.45) is 0. The van der Waals surface area contributed by atoms with Crippen LogP contribution in [0, 0.1) is 17.1 Å². The normalized spacial score (nSPS) is 11.5. The Morgan fingerprint density at radius 1 is 1.29 bits per heavy atom. The average molecular weight is 304 g/mol. The molecule has 1 atom stereocenters. The zero-order valence-corrected chi connectivity index (χ0v) is 11.9.